The van der Waals surface area contributed by atoms with Gasteiger partial charge in [-0.05, 0) is 92.1 Å². The zero-order valence-corrected chi connectivity index (χ0v) is 20.6. The number of carbonyl (C=O) groups is 3. The molecule has 0 heterocycles. The number of aliphatic carboxylic acids is 1. The molecule has 0 radical (unpaired) electrons. The molecule has 2 aromatic rings. The number of fused-ring (bicyclic) bond motifs is 1. The molecule has 7 heteroatoms. The Labute approximate surface area is 210 Å². The molecule has 0 unspecified atom stereocenters. The molecule has 1 fully saturated rings. The summed E-state index contributed by atoms with van der Waals surface area (Å²) >= 11 is 6.02. The molecule has 184 valence electrons. The minimum Gasteiger partial charge on any atom is -0.490 e. The lowest BCUT2D eigenvalue weighted by molar-refractivity contribution is -0.143. The summed E-state index contributed by atoms with van der Waals surface area (Å²) in [6.07, 6.45) is 6.07. The van der Waals surface area contributed by atoms with Gasteiger partial charge < -0.3 is 15.2 Å². The molecule has 0 aromatic heterocycles. The molecule has 2 aliphatic rings. The number of amides is 1. The summed E-state index contributed by atoms with van der Waals surface area (Å²) in [5.74, 6) is -0.371. The van der Waals surface area contributed by atoms with E-state index in [1.807, 2.05) is 43.3 Å². The predicted octanol–water partition coefficient (Wildman–Crippen LogP) is 5.39. The summed E-state index contributed by atoms with van der Waals surface area (Å²) in [6.45, 7) is 2.32. The van der Waals surface area contributed by atoms with Crippen molar-refractivity contribution in [3.05, 3.63) is 69.2 Å². The molecule has 0 saturated heterocycles. The average molecular weight is 496 g/mol. The van der Waals surface area contributed by atoms with Crippen LogP contribution in [-0.4, -0.2) is 35.4 Å². The van der Waals surface area contributed by atoms with Crippen molar-refractivity contribution in [2.45, 2.75) is 58.0 Å². The third kappa shape index (κ3) is 6.31. The largest absolute Gasteiger partial charge is 0.490 e. The topological polar surface area (TPSA) is 92.7 Å². The van der Waals surface area contributed by atoms with E-state index in [1.165, 1.54) is 0 Å². The number of halogens is 1. The number of ketones is 1. The summed E-state index contributed by atoms with van der Waals surface area (Å²) in [5.41, 5.74) is 4.28. The molecule has 0 spiro atoms. The fourth-order valence-electron chi connectivity index (χ4n) is 4.79. The number of aryl methyl sites for hydroxylation is 1. The minimum absolute atomic E-state index is 0.00919. The van der Waals surface area contributed by atoms with E-state index in [0.29, 0.717) is 60.6 Å². The van der Waals surface area contributed by atoms with Crippen molar-refractivity contribution in [3.63, 3.8) is 0 Å². The zero-order valence-electron chi connectivity index (χ0n) is 19.8. The number of hydrogen-bond acceptors (Lipinski definition) is 4. The summed E-state index contributed by atoms with van der Waals surface area (Å²) in [5, 5.41) is 12.7. The van der Waals surface area contributed by atoms with Crippen LogP contribution in [0.4, 0.5) is 0 Å². The van der Waals surface area contributed by atoms with Crippen LogP contribution in [0.5, 0.6) is 5.75 Å². The van der Waals surface area contributed by atoms with E-state index in [2.05, 4.69) is 5.32 Å². The van der Waals surface area contributed by atoms with Crippen LogP contribution in [0.1, 0.15) is 65.6 Å². The number of carboxylic acids is 1. The highest BCUT2D eigenvalue weighted by Gasteiger charge is 2.27. The molecular formula is C28H30ClNO5. The number of rotatable bonds is 9. The molecular weight excluding hydrogens is 466 g/mol. The van der Waals surface area contributed by atoms with E-state index in [0.717, 1.165) is 29.5 Å². The van der Waals surface area contributed by atoms with Crippen molar-refractivity contribution in [3.8, 4) is 5.75 Å². The second kappa shape index (κ2) is 11.1. The Morgan fingerprint density at radius 2 is 1.86 bits per heavy atom. The third-order valence-corrected chi connectivity index (χ3v) is 7.04. The third-order valence-electron chi connectivity index (χ3n) is 6.80. The molecule has 0 aliphatic heterocycles. The van der Waals surface area contributed by atoms with E-state index in [4.69, 9.17) is 21.4 Å². The number of carbonyl (C=O) groups excluding carboxylic acids is 2. The van der Waals surface area contributed by atoms with E-state index in [9.17, 15) is 14.4 Å². The SMILES string of the molecule is Cc1cc(OC2CCC(C(=O)O)CC2)ccc1C(=O)CCCNC(=O)C1=Cc2cc(Cl)ccc2C1. The maximum absolute atomic E-state index is 12.7. The Balaban J connectivity index is 1.21. The smallest absolute Gasteiger partial charge is 0.306 e. The number of ether oxygens (including phenoxy) is 1. The van der Waals surface area contributed by atoms with Crippen LogP contribution in [0.3, 0.4) is 0 Å². The summed E-state index contributed by atoms with van der Waals surface area (Å²) < 4.78 is 6.04. The number of hydrogen-bond donors (Lipinski definition) is 2. The van der Waals surface area contributed by atoms with Crippen molar-refractivity contribution in [1.29, 1.82) is 0 Å². The summed E-state index contributed by atoms with van der Waals surface area (Å²) in [7, 11) is 0. The van der Waals surface area contributed by atoms with Crippen LogP contribution in [-0.2, 0) is 16.0 Å². The lowest BCUT2D eigenvalue weighted by Gasteiger charge is -2.27. The molecule has 0 bridgehead atoms. The van der Waals surface area contributed by atoms with Crippen LogP contribution >= 0.6 is 11.6 Å². The van der Waals surface area contributed by atoms with Crippen LogP contribution < -0.4 is 10.1 Å². The fraction of sp³-hybridized carbons (Fsp3) is 0.393. The number of nitrogens with one attached hydrogen (secondary N) is 1. The Morgan fingerprint density at radius 1 is 1.09 bits per heavy atom. The average Bonchev–Trinajstić information content (AvgIpc) is 3.25. The molecule has 4 rings (SSSR count). The Morgan fingerprint density at radius 3 is 2.57 bits per heavy atom. The highest BCUT2D eigenvalue weighted by Crippen LogP contribution is 2.29. The van der Waals surface area contributed by atoms with Crippen LogP contribution in [0.25, 0.3) is 6.08 Å². The first-order valence-electron chi connectivity index (χ1n) is 12.1. The predicted molar refractivity (Wildman–Crippen MR) is 135 cm³/mol. The molecule has 2 aliphatic carbocycles. The molecule has 1 saturated carbocycles. The minimum atomic E-state index is -0.728. The van der Waals surface area contributed by atoms with Crippen LogP contribution in [0.15, 0.2) is 42.0 Å². The first-order valence-corrected chi connectivity index (χ1v) is 12.5. The molecule has 35 heavy (non-hydrogen) atoms. The lowest BCUT2D eigenvalue weighted by Crippen LogP contribution is -2.27. The Hall–Kier alpha value is -3.12. The van der Waals surface area contributed by atoms with Gasteiger partial charge in [-0.2, -0.15) is 0 Å². The van der Waals surface area contributed by atoms with Gasteiger partial charge in [0.15, 0.2) is 5.78 Å². The van der Waals surface area contributed by atoms with Crippen molar-refractivity contribution >= 4 is 35.3 Å². The highest BCUT2D eigenvalue weighted by molar-refractivity contribution is 6.30. The van der Waals surface area contributed by atoms with Crippen molar-refractivity contribution in [2.24, 2.45) is 5.92 Å². The van der Waals surface area contributed by atoms with E-state index < -0.39 is 5.97 Å². The molecule has 6 nitrogen and oxygen atoms in total. The summed E-state index contributed by atoms with van der Waals surface area (Å²) in [4.78, 5) is 36.3. The summed E-state index contributed by atoms with van der Waals surface area (Å²) in [6, 6.07) is 11.1. The van der Waals surface area contributed by atoms with Gasteiger partial charge in [-0.1, -0.05) is 17.7 Å². The number of Topliss-reactive ketones (excluding diaryl/α,β-unsaturated/α-hetero) is 1. The second-order valence-corrected chi connectivity index (χ2v) is 9.82. The van der Waals surface area contributed by atoms with Crippen molar-refractivity contribution < 1.29 is 24.2 Å². The van der Waals surface area contributed by atoms with E-state index >= 15 is 0 Å². The van der Waals surface area contributed by atoms with Gasteiger partial charge in [-0.3, -0.25) is 14.4 Å². The first kappa shape index (κ1) is 25.0. The number of carboxylic acid groups (broad SMARTS) is 1. The van der Waals surface area contributed by atoms with Crippen LogP contribution in [0.2, 0.25) is 5.02 Å². The highest BCUT2D eigenvalue weighted by atomic mass is 35.5. The molecule has 2 N–H and O–H groups in total. The monoisotopic (exact) mass is 495 g/mol. The van der Waals surface area contributed by atoms with Crippen molar-refractivity contribution in [1.82, 2.24) is 5.32 Å². The molecule has 0 atom stereocenters. The standard InChI is InChI=1S/C28H30ClNO5/c1-17-13-24(35-23-8-5-18(6-9-23)28(33)34)10-11-25(17)26(31)3-2-12-30-27(32)21-14-19-4-7-22(29)16-20(19)15-21/h4,7,10-11,13,15-16,18,23H,2-3,5-6,8-9,12,14H2,1H3,(H,30,32)(H,33,34). The number of benzene rings is 2. The van der Waals surface area contributed by atoms with Gasteiger partial charge in [0.25, 0.3) is 0 Å². The molecule has 2 aromatic carbocycles. The van der Waals surface area contributed by atoms with Gasteiger partial charge >= 0.3 is 5.97 Å². The van der Waals surface area contributed by atoms with Gasteiger partial charge in [0.1, 0.15) is 5.75 Å². The van der Waals surface area contributed by atoms with Gasteiger partial charge in [0.05, 0.1) is 12.0 Å². The quantitative estimate of drug-likeness (QED) is 0.359. The maximum Gasteiger partial charge on any atom is 0.306 e. The second-order valence-electron chi connectivity index (χ2n) is 9.38. The van der Waals surface area contributed by atoms with Crippen LogP contribution in [0, 0.1) is 12.8 Å². The molecule has 1 amide bonds. The Kier molecular flexibility index (Phi) is 7.91. The van der Waals surface area contributed by atoms with Gasteiger partial charge in [0.2, 0.25) is 5.91 Å². The lowest BCUT2D eigenvalue weighted by atomic mass is 9.87. The Bertz CT molecular complexity index is 1160. The van der Waals surface area contributed by atoms with Gasteiger partial charge in [-0.15, -0.1) is 0 Å². The maximum atomic E-state index is 12.7. The zero-order chi connectivity index (χ0) is 24.9. The van der Waals surface area contributed by atoms with Crippen molar-refractivity contribution in [2.75, 3.05) is 6.54 Å². The fourth-order valence-corrected chi connectivity index (χ4v) is 4.97. The first-order chi connectivity index (χ1) is 16.8. The van der Waals surface area contributed by atoms with E-state index in [1.54, 1.807) is 6.07 Å². The van der Waals surface area contributed by atoms with Gasteiger partial charge in [0, 0.05) is 35.5 Å². The van der Waals surface area contributed by atoms with E-state index in [-0.39, 0.29) is 23.7 Å². The normalized spacial score (nSPS) is 19.0. The van der Waals surface area contributed by atoms with Gasteiger partial charge in [-0.25, -0.2) is 0 Å².